The van der Waals surface area contributed by atoms with Crippen LogP contribution < -0.4 is 16.0 Å². The number of nitrogens with one attached hydrogen (secondary N) is 1. The number of aliphatic hydroxyl groups excluding tert-OH is 2. The molecule has 1 aromatic rings. The fourth-order valence-corrected chi connectivity index (χ4v) is 2.75. The molecule has 1 heterocycles. The topological polar surface area (TPSA) is 131 Å². The summed E-state index contributed by atoms with van der Waals surface area (Å²) in [6, 6.07) is -1.12. The summed E-state index contributed by atoms with van der Waals surface area (Å²) in [5.74, 6) is 0. The molecule has 1 aromatic heterocycles. The highest BCUT2D eigenvalue weighted by Crippen LogP contribution is 2.01. The molecule has 0 radical (unpaired) electrons. The average Bonchev–Trinajstić information content (AvgIpc) is 2.37. The lowest BCUT2D eigenvalue weighted by Crippen LogP contribution is -2.45. The van der Waals surface area contributed by atoms with Crippen molar-refractivity contribution in [2.45, 2.75) is 10.9 Å². The summed E-state index contributed by atoms with van der Waals surface area (Å²) in [6.45, 7) is -1.25. The molecule has 0 unspecified atom stereocenters. The first kappa shape index (κ1) is 15.6. The van der Waals surface area contributed by atoms with Gasteiger partial charge in [0, 0.05) is 20.3 Å². The molecule has 0 bridgehead atoms. The number of aryl methyl sites for hydroxylation is 1. The van der Waals surface area contributed by atoms with Crippen LogP contribution in [0.2, 0.25) is 0 Å². The number of nitrogens with zero attached hydrogens (tertiary/aromatic N) is 2. The predicted molar refractivity (Wildman–Crippen MR) is 65.2 cm³/mol. The second-order valence-corrected chi connectivity index (χ2v) is 5.62. The maximum absolute atomic E-state index is 11.9. The van der Waals surface area contributed by atoms with E-state index in [4.69, 9.17) is 10.2 Å². The molecular formula is C9H15N3O6S. The molecular weight excluding hydrogens is 278 g/mol. The minimum absolute atomic E-state index is 0.623. The van der Waals surface area contributed by atoms with Crippen LogP contribution in [0, 0.1) is 0 Å². The van der Waals surface area contributed by atoms with Crippen LogP contribution in [-0.2, 0) is 24.1 Å². The van der Waals surface area contributed by atoms with Crippen molar-refractivity contribution < 1.29 is 18.6 Å². The van der Waals surface area contributed by atoms with Crippen molar-refractivity contribution >= 4 is 10.0 Å². The summed E-state index contributed by atoms with van der Waals surface area (Å²) < 4.78 is 27.4. The highest BCUT2D eigenvalue weighted by atomic mass is 32.2. The Balaban J connectivity index is 3.39. The molecule has 19 heavy (non-hydrogen) atoms. The molecule has 1 rings (SSSR count). The standard InChI is InChI=1S/C9H15N3O6S/c1-11-3-7(8(15)12(2)9(11)16)19(17,18)10-6(4-13)5-14/h3,6,10,13-14H,4-5H2,1-2H3. The maximum Gasteiger partial charge on any atom is 0.330 e. The lowest BCUT2D eigenvalue weighted by atomic mass is 10.4. The second kappa shape index (κ2) is 5.65. The van der Waals surface area contributed by atoms with Crippen molar-refractivity contribution in [3.05, 3.63) is 27.0 Å². The Morgan fingerprint density at radius 2 is 1.79 bits per heavy atom. The van der Waals surface area contributed by atoms with E-state index in [1.54, 1.807) is 0 Å². The Morgan fingerprint density at radius 1 is 1.26 bits per heavy atom. The molecule has 9 nitrogen and oxygen atoms in total. The smallest absolute Gasteiger partial charge is 0.330 e. The van der Waals surface area contributed by atoms with Crippen LogP contribution >= 0.6 is 0 Å². The summed E-state index contributed by atoms with van der Waals surface area (Å²) in [4.78, 5) is 22.6. The quantitative estimate of drug-likeness (QED) is 0.521. The summed E-state index contributed by atoms with van der Waals surface area (Å²) in [6.07, 6.45) is 0.888. The SMILES string of the molecule is Cn1cc(S(=O)(=O)NC(CO)CO)c(=O)n(C)c1=O. The van der Waals surface area contributed by atoms with E-state index in [1.165, 1.54) is 7.05 Å². The van der Waals surface area contributed by atoms with Crippen LogP contribution in [-0.4, -0.2) is 47.0 Å². The molecule has 0 aliphatic rings. The molecule has 0 atom stereocenters. The average molecular weight is 293 g/mol. The van der Waals surface area contributed by atoms with Gasteiger partial charge in [0.25, 0.3) is 5.56 Å². The third kappa shape index (κ3) is 3.10. The van der Waals surface area contributed by atoms with Gasteiger partial charge in [-0.2, -0.15) is 0 Å². The van der Waals surface area contributed by atoms with E-state index in [0.717, 1.165) is 17.8 Å². The van der Waals surface area contributed by atoms with Gasteiger partial charge in [0.2, 0.25) is 10.0 Å². The monoisotopic (exact) mass is 293 g/mol. The summed E-state index contributed by atoms with van der Waals surface area (Å²) in [5, 5.41) is 17.7. The van der Waals surface area contributed by atoms with Crippen LogP contribution in [0.4, 0.5) is 0 Å². The Kier molecular flexibility index (Phi) is 4.63. The number of sulfonamides is 1. The van der Waals surface area contributed by atoms with Gasteiger partial charge in [0.05, 0.1) is 19.3 Å². The molecule has 108 valence electrons. The van der Waals surface area contributed by atoms with Gasteiger partial charge in [-0.05, 0) is 0 Å². The van der Waals surface area contributed by atoms with Crippen molar-refractivity contribution in [2.24, 2.45) is 14.1 Å². The summed E-state index contributed by atoms with van der Waals surface area (Å²) in [5.41, 5.74) is -1.64. The van der Waals surface area contributed by atoms with Crippen LogP contribution in [0.1, 0.15) is 0 Å². The Morgan fingerprint density at radius 3 is 2.26 bits per heavy atom. The van der Waals surface area contributed by atoms with Gasteiger partial charge < -0.3 is 14.8 Å². The largest absolute Gasteiger partial charge is 0.395 e. The molecule has 3 N–H and O–H groups in total. The lowest BCUT2D eigenvalue weighted by molar-refractivity contribution is 0.185. The zero-order valence-corrected chi connectivity index (χ0v) is 11.2. The molecule has 0 saturated carbocycles. The van der Waals surface area contributed by atoms with Crippen molar-refractivity contribution in [1.82, 2.24) is 13.9 Å². The van der Waals surface area contributed by atoms with Crippen molar-refractivity contribution in [3.8, 4) is 0 Å². The van der Waals surface area contributed by atoms with Crippen molar-refractivity contribution in [3.63, 3.8) is 0 Å². The van der Waals surface area contributed by atoms with E-state index in [1.807, 2.05) is 4.72 Å². The van der Waals surface area contributed by atoms with Crippen LogP contribution in [0.15, 0.2) is 20.7 Å². The van der Waals surface area contributed by atoms with Crippen LogP contribution in [0.5, 0.6) is 0 Å². The van der Waals surface area contributed by atoms with E-state index in [0.29, 0.717) is 4.57 Å². The van der Waals surface area contributed by atoms with E-state index >= 15 is 0 Å². The third-order valence-corrected chi connectivity index (χ3v) is 3.97. The molecule has 0 saturated heterocycles. The second-order valence-electron chi connectivity index (χ2n) is 3.93. The fraction of sp³-hybridized carbons (Fsp3) is 0.556. The molecule has 0 aliphatic heterocycles. The minimum Gasteiger partial charge on any atom is -0.395 e. The van der Waals surface area contributed by atoms with Gasteiger partial charge in [0.15, 0.2) is 4.90 Å². The number of hydrogen-bond donors (Lipinski definition) is 3. The molecule has 0 fully saturated rings. The van der Waals surface area contributed by atoms with Crippen LogP contribution in [0.3, 0.4) is 0 Å². The Bertz CT molecular complexity index is 670. The van der Waals surface area contributed by atoms with Gasteiger partial charge in [-0.3, -0.25) is 9.36 Å². The van der Waals surface area contributed by atoms with Gasteiger partial charge >= 0.3 is 5.69 Å². The highest BCUT2D eigenvalue weighted by Gasteiger charge is 2.24. The maximum atomic E-state index is 11.9. The van der Waals surface area contributed by atoms with Crippen molar-refractivity contribution in [1.29, 1.82) is 0 Å². The zero-order valence-electron chi connectivity index (χ0n) is 10.4. The zero-order chi connectivity index (χ0) is 14.8. The molecule has 0 aromatic carbocycles. The van der Waals surface area contributed by atoms with E-state index < -0.39 is 45.4 Å². The Labute approximate surface area is 108 Å². The first-order valence-corrected chi connectivity index (χ1v) is 6.73. The van der Waals surface area contributed by atoms with Gasteiger partial charge in [0.1, 0.15) is 0 Å². The first-order chi connectivity index (χ1) is 8.74. The van der Waals surface area contributed by atoms with Gasteiger partial charge in [-0.1, -0.05) is 0 Å². The molecule has 10 heteroatoms. The number of rotatable bonds is 5. The third-order valence-electron chi connectivity index (χ3n) is 2.47. The number of hydrogen-bond acceptors (Lipinski definition) is 6. The summed E-state index contributed by atoms with van der Waals surface area (Å²) >= 11 is 0. The van der Waals surface area contributed by atoms with Gasteiger partial charge in [-0.15, -0.1) is 0 Å². The Hall–Kier alpha value is -1.49. The number of aromatic nitrogens is 2. The molecule has 0 aliphatic carbocycles. The molecule has 0 spiro atoms. The normalized spacial score (nSPS) is 12.1. The molecule has 0 amide bonds. The summed E-state index contributed by atoms with van der Waals surface area (Å²) in [7, 11) is -1.79. The first-order valence-electron chi connectivity index (χ1n) is 5.25. The minimum atomic E-state index is -4.24. The van der Waals surface area contributed by atoms with Crippen LogP contribution in [0.25, 0.3) is 0 Å². The van der Waals surface area contributed by atoms with E-state index in [-0.39, 0.29) is 0 Å². The number of aliphatic hydroxyl groups is 2. The predicted octanol–water partition coefficient (Wildman–Crippen LogP) is -3.28. The highest BCUT2D eigenvalue weighted by molar-refractivity contribution is 7.89. The van der Waals surface area contributed by atoms with E-state index in [9.17, 15) is 18.0 Å². The van der Waals surface area contributed by atoms with Crippen molar-refractivity contribution in [2.75, 3.05) is 13.2 Å². The fourth-order valence-electron chi connectivity index (χ4n) is 1.37. The lowest BCUT2D eigenvalue weighted by Gasteiger charge is -2.14. The van der Waals surface area contributed by atoms with E-state index in [2.05, 4.69) is 0 Å². The van der Waals surface area contributed by atoms with Gasteiger partial charge in [-0.25, -0.2) is 17.9 Å².